The number of aryl methyl sites for hydroxylation is 1. The molecule has 3 N–H and O–H groups in total. The SMILES string of the molecule is Cc1ccc(C#N)cc1N(OC(=O)C(F)(F)F)C(=N)N. The summed E-state index contributed by atoms with van der Waals surface area (Å²) in [5.41, 5.74) is 5.48. The van der Waals surface area contributed by atoms with Gasteiger partial charge < -0.3 is 10.6 Å². The van der Waals surface area contributed by atoms with E-state index < -0.39 is 18.1 Å². The molecule has 0 saturated carbocycles. The number of carbonyl (C=O) groups excluding carboxylic acids is 1. The van der Waals surface area contributed by atoms with E-state index in [0.717, 1.165) is 6.07 Å². The number of rotatable bonds is 1. The second-order valence-electron chi connectivity index (χ2n) is 3.67. The number of nitrogens with one attached hydrogen (secondary N) is 1. The summed E-state index contributed by atoms with van der Waals surface area (Å²) in [7, 11) is 0. The van der Waals surface area contributed by atoms with Crippen molar-refractivity contribution in [1.82, 2.24) is 0 Å². The largest absolute Gasteiger partial charge is 0.493 e. The Morgan fingerprint density at radius 2 is 2.10 bits per heavy atom. The number of nitrogens with zero attached hydrogens (tertiary/aromatic N) is 2. The first-order valence-corrected chi connectivity index (χ1v) is 5.11. The van der Waals surface area contributed by atoms with Gasteiger partial charge in [-0.15, -0.1) is 5.06 Å². The highest BCUT2D eigenvalue weighted by atomic mass is 19.4. The lowest BCUT2D eigenvalue weighted by Gasteiger charge is -2.23. The molecule has 0 bridgehead atoms. The summed E-state index contributed by atoms with van der Waals surface area (Å²) in [6, 6.07) is 5.77. The van der Waals surface area contributed by atoms with E-state index in [1.807, 2.05) is 0 Å². The van der Waals surface area contributed by atoms with Crippen LogP contribution in [-0.4, -0.2) is 18.1 Å². The lowest BCUT2D eigenvalue weighted by atomic mass is 10.1. The zero-order chi connectivity index (χ0) is 15.5. The second-order valence-corrected chi connectivity index (χ2v) is 3.67. The molecule has 106 valence electrons. The number of halogens is 3. The number of benzene rings is 1. The summed E-state index contributed by atoms with van der Waals surface area (Å²) in [6.45, 7) is 1.49. The van der Waals surface area contributed by atoms with Crippen LogP contribution in [0.25, 0.3) is 0 Å². The van der Waals surface area contributed by atoms with Crippen LogP contribution in [0.4, 0.5) is 18.9 Å². The highest BCUT2D eigenvalue weighted by Crippen LogP contribution is 2.24. The van der Waals surface area contributed by atoms with Crippen LogP contribution in [0.5, 0.6) is 0 Å². The minimum atomic E-state index is -5.23. The number of anilines is 1. The average Bonchev–Trinajstić information content (AvgIpc) is 2.35. The molecule has 0 amide bonds. The van der Waals surface area contributed by atoms with E-state index in [0.29, 0.717) is 5.56 Å². The topological polar surface area (TPSA) is 103 Å². The molecule has 0 aliphatic heterocycles. The van der Waals surface area contributed by atoms with E-state index in [9.17, 15) is 18.0 Å². The molecule has 9 heteroatoms. The van der Waals surface area contributed by atoms with Gasteiger partial charge in [0.2, 0.25) is 5.96 Å². The van der Waals surface area contributed by atoms with Crippen molar-refractivity contribution in [3.63, 3.8) is 0 Å². The molecule has 6 nitrogen and oxygen atoms in total. The molecule has 20 heavy (non-hydrogen) atoms. The van der Waals surface area contributed by atoms with Crippen LogP contribution in [0.3, 0.4) is 0 Å². The monoisotopic (exact) mass is 286 g/mol. The van der Waals surface area contributed by atoms with Crippen molar-refractivity contribution < 1.29 is 22.8 Å². The van der Waals surface area contributed by atoms with Crippen molar-refractivity contribution >= 4 is 17.6 Å². The summed E-state index contributed by atoms with van der Waals surface area (Å²) in [5.74, 6) is -3.45. The van der Waals surface area contributed by atoms with E-state index in [1.54, 1.807) is 6.07 Å². The van der Waals surface area contributed by atoms with Gasteiger partial charge in [-0.1, -0.05) is 6.07 Å². The first-order valence-electron chi connectivity index (χ1n) is 5.11. The Hall–Kier alpha value is -2.76. The molecular formula is C11H9F3N4O2. The number of hydrogen-bond donors (Lipinski definition) is 2. The molecule has 0 spiro atoms. The van der Waals surface area contributed by atoms with E-state index in [-0.39, 0.29) is 16.3 Å². The Labute approximate surface area is 111 Å². The quantitative estimate of drug-likeness (QED) is 0.463. The van der Waals surface area contributed by atoms with Gasteiger partial charge in [-0.25, -0.2) is 4.79 Å². The molecule has 0 unspecified atom stereocenters. The van der Waals surface area contributed by atoms with Crippen molar-refractivity contribution in [1.29, 1.82) is 10.7 Å². The fourth-order valence-corrected chi connectivity index (χ4v) is 1.26. The van der Waals surface area contributed by atoms with Gasteiger partial charge >= 0.3 is 12.1 Å². The lowest BCUT2D eigenvalue weighted by molar-refractivity contribution is -0.199. The number of hydroxylamine groups is 1. The van der Waals surface area contributed by atoms with Gasteiger partial charge in [-0.3, -0.25) is 5.41 Å². The predicted molar refractivity (Wildman–Crippen MR) is 62.4 cm³/mol. The fraction of sp³-hybridized carbons (Fsp3) is 0.182. The first kappa shape index (κ1) is 15.3. The van der Waals surface area contributed by atoms with E-state index >= 15 is 0 Å². The van der Waals surface area contributed by atoms with E-state index in [1.165, 1.54) is 19.1 Å². The summed E-state index contributed by atoms with van der Waals surface area (Å²) in [6.07, 6.45) is -5.23. The molecule has 0 fully saturated rings. The third-order valence-electron chi connectivity index (χ3n) is 2.18. The zero-order valence-electron chi connectivity index (χ0n) is 10.2. The van der Waals surface area contributed by atoms with Gasteiger partial charge in [0.05, 0.1) is 17.3 Å². The van der Waals surface area contributed by atoms with Crippen LogP contribution in [-0.2, 0) is 9.63 Å². The molecule has 1 aromatic rings. The number of alkyl halides is 3. The van der Waals surface area contributed by atoms with E-state index in [2.05, 4.69) is 4.84 Å². The maximum atomic E-state index is 12.2. The highest BCUT2D eigenvalue weighted by molar-refractivity contribution is 5.94. The standard InChI is InChI=1S/C11H9F3N4O2/c1-6-2-3-7(5-15)4-8(6)18(10(16)17)20-9(19)11(12,13)14/h2-4H,1H3,(H3,16,17). The lowest BCUT2D eigenvalue weighted by Crippen LogP contribution is -2.42. The zero-order valence-corrected chi connectivity index (χ0v) is 10.2. The van der Waals surface area contributed by atoms with Gasteiger partial charge in [-0.2, -0.15) is 18.4 Å². The smallest absolute Gasteiger partial charge is 0.367 e. The van der Waals surface area contributed by atoms with Crippen LogP contribution < -0.4 is 10.8 Å². The Balaban J connectivity index is 3.19. The molecule has 0 radical (unpaired) electrons. The second kappa shape index (κ2) is 5.48. The normalized spacial score (nSPS) is 10.6. The van der Waals surface area contributed by atoms with Crippen LogP contribution >= 0.6 is 0 Å². The Morgan fingerprint density at radius 1 is 1.50 bits per heavy atom. The molecule has 0 heterocycles. The summed E-state index contributed by atoms with van der Waals surface area (Å²) in [4.78, 5) is 14.9. The number of nitrogens with two attached hydrogens (primary N) is 1. The summed E-state index contributed by atoms with van der Waals surface area (Å²) >= 11 is 0. The number of hydrogen-bond acceptors (Lipinski definition) is 4. The highest BCUT2D eigenvalue weighted by Gasteiger charge is 2.43. The molecule has 1 aromatic carbocycles. The molecule has 0 aliphatic carbocycles. The van der Waals surface area contributed by atoms with Crippen molar-refractivity contribution in [2.24, 2.45) is 5.73 Å². The van der Waals surface area contributed by atoms with Crippen molar-refractivity contribution in [2.45, 2.75) is 13.1 Å². The number of carbonyl (C=O) groups is 1. The van der Waals surface area contributed by atoms with Gasteiger partial charge in [0.15, 0.2) is 0 Å². The molecule has 0 atom stereocenters. The fourth-order valence-electron chi connectivity index (χ4n) is 1.26. The maximum absolute atomic E-state index is 12.2. The predicted octanol–water partition coefficient (Wildman–Crippen LogP) is 1.59. The van der Waals surface area contributed by atoms with Crippen molar-refractivity contribution in [3.8, 4) is 6.07 Å². The molecule has 0 aromatic heterocycles. The molecule has 0 saturated heterocycles. The van der Waals surface area contributed by atoms with Gasteiger partial charge in [-0.05, 0) is 24.6 Å². The number of nitriles is 1. The summed E-state index contributed by atoms with van der Waals surface area (Å²) in [5, 5.41) is 16.1. The van der Waals surface area contributed by atoms with Crippen LogP contribution in [0, 0.1) is 23.7 Å². The maximum Gasteiger partial charge on any atom is 0.493 e. The Morgan fingerprint density at radius 3 is 2.55 bits per heavy atom. The van der Waals surface area contributed by atoms with Crippen molar-refractivity contribution in [3.05, 3.63) is 29.3 Å². The molecule has 1 rings (SSSR count). The van der Waals surface area contributed by atoms with Crippen molar-refractivity contribution in [2.75, 3.05) is 5.06 Å². The minimum absolute atomic E-state index is 0.103. The van der Waals surface area contributed by atoms with Crippen LogP contribution in [0.15, 0.2) is 18.2 Å². The first-order chi connectivity index (χ1) is 9.16. The third kappa shape index (κ3) is 3.38. The number of guanidine groups is 1. The average molecular weight is 286 g/mol. The van der Waals surface area contributed by atoms with Gasteiger partial charge in [0.1, 0.15) is 0 Å². The Bertz CT molecular complexity index is 592. The minimum Gasteiger partial charge on any atom is -0.367 e. The van der Waals surface area contributed by atoms with Crippen LogP contribution in [0.1, 0.15) is 11.1 Å². The van der Waals surface area contributed by atoms with Gasteiger partial charge in [0, 0.05) is 0 Å². The molecule has 0 aliphatic rings. The summed E-state index contributed by atoms with van der Waals surface area (Å²) < 4.78 is 36.5. The van der Waals surface area contributed by atoms with Gasteiger partial charge in [0.25, 0.3) is 0 Å². The molecular weight excluding hydrogens is 277 g/mol. The van der Waals surface area contributed by atoms with E-state index in [4.69, 9.17) is 16.4 Å². The van der Waals surface area contributed by atoms with Crippen LogP contribution in [0.2, 0.25) is 0 Å². The third-order valence-corrected chi connectivity index (χ3v) is 2.18. The Kier molecular flexibility index (Phi) is 4.19.